The summed E-state index contributed by atoms with van der Waals surface area (Å²) in [6, 6.07) is 72.1. The number of nitrogens with zero attached hydrogens (tertiary/aromatic N) is 8. The van der Waals surface area contributed by atoms with E-state index in [1.165, 1.54) is 45.0 Å². The second-order valence-corrected chi connectivity index (χ2v) is 17.3. The Bertz CT molecular complexity index is 2890. The molecule has 0 N–H and O–H groups in total. The van der Waals surface area contributed by atoms with Crippen LogP contribution in [0.1, 0.15) is 33.5 Å². The van der Waals surface area contributed by atoms with Crippen LogP contribution in [-0.2, 0) is 60.3 Å². The molecule has 0 saturated heterocycles. The van der Waals surface area contributed by atoms with Gasteiger partial charge in [-0.15, -0.1) is 37.1 Å². The molecule has 3 aliphatic heterocycles. The number of anilines is 12. The number of pyridine rings is 2. The zero-order chi connectivity index (χ0) is 47.4. The van der Waals surface area contributed by atoms with Crippen LogP contribution in [0.15, 0.2) is 188 Å². The second kappa shape index (κ2) is 23.9. The van der Waals surface area contributed by atoms with Crippen molar-refractivity contribution in [2.75, 3.05) is 29.4 Å². The molecule has 0 fully saturated rings. The minimum absolute atomic E-state index is 0. The Labute approximate surface area is 466 Å². The normalized spacial score (nSPS) is 12.8. The van der Waals surface area contributed by atoms with E-state index in [0.29, 0.717) is 0 Å². The molecule has 5 heterocycles. The molecule has 0 unspecified atom stereocenters. The van der Waals surface area contributed by atoms with Crippen LogP contribution in [0.5, 0.6) is 0 Å². The summed E-state index contributed by atoms with van der Waals surface area (Å²) in [5.41, 5.74) is 18.2. The Kier molecular flexibility index (Phi) is 17.7. The minimum atomic E-state index is 0. The third-order valence-electron chi connectivity index (χ3n) is 12.3. The van der Waals surface area contributed by atoms with E-state index in [2.05, 4.69) is 222 Å². The Morgan fingerprint density at radius 2 is 0.778 bits per heavy atom. The average Bonchev–Trinajstić information content (AvgIpc) is 4.07. The van der Waals surface area contributed by atoms with Crippen molar-refractivity contribution in [3.8, 4) is 0 Å². The van der Waals surface area contributed by atoms with Gasteiger partial charge in [0.05, 0.1) is 11.4 Å². The van der Waals surface area contributed by atoms with Crippen LogP contribution in [0, 0.1) is 79.7 Å². The van der Waals surface area contributed by atoms with Gasteiger partial charge in [0.2, 0.25) is 0 Å². The van der Waals surface area contributed by atoms with Crippen LogP contribution >= 0.6 is 0 Å². The molecule has 9 aromatic rings. The number of benzene rings is 7. The molecular formula is C61H52Ir3N8-6. The quantitative estimate of drug-likeness (QED) is 0.153. The van der Waals surface area contributed by atoms with E-state index in [1.807, 2.05) is 79.9 Å². The standard InChI is InChI=1S/C21H18N2.2C20H17N3.3Ir/c1-16-12-13-20-21(14-16)23(19-11-7-6-8-17(19)2)15-22(20)18-9-4-3-5-10-18;1-15-12-19-20(21-13-15)22(17-9-4-3-5-10-17)14-23(19)18-11-7-6-8-16(18)2;1-15-8-6-7-11-18(15)23-14-22(17-9-4-3-5-10-17)19-13-12-16(2)21-20(19)23;;;/h3-9,11-15H,1-2H3;2*3-9,11-14H,1-2H3;;;/q3*-2;;;. The Balaban J connectivity index is 0.000000155. The van der Waals surface area contributed by atoms with E-state index >= 15 is 0 Å². The van der Waals surface area contributed by atoms with Gasteiger partial charge in [0.25, 0.3) is 0 Å². The van der Waals surface area contributed by atoms with Gasteiger partial charge in [-0.1, -0.05) is 60.7 Å². The summed E-state index contributed by atoms with van der Waals surface area (Å²) < 4.78 is 0. The Morgan fingerprint density at radius 1 is 0.347 bits per heavy atom. The first-order valence-electron chi connectivity index (χ1n) is 23.1. The van der Waals surface area contributed by atoms with Crippen molar-refractivity contribution in [1.82, 2.24) is 9.97 Å². The number of aromatic nitrogens is 2. The summed E-state index contributed by atoms with van der Waals surface area (Å²) in [4.78, 5) is 22.4. The molecule has 0 aliphatic carbocycles. The molecule has 3 aliphatic rings. The first-order chi connectivity index (χ1) is 33.7. The van der Waals surface area contributed by atoms with Crippen molar-refractivity contribution in [2.45, 2.75) is 41.5 Å². The van der Waals surface area contributed by atoms with Gasteiger partial charge in [0, 0.05) is 101 Å². The van der Waals surface area contributed by atoms with Gasteiger partial charge >= 0.3 is 0 Å². The maximum absolute atomic E-state index is 4.77. The first kappa shape index (κ1) is 53.4. The Morgan fingerprint density at radius 3 is 1.31 bits per heavy atom. The summed E-state index contributed by atoms with van der Waals surface area (Å²) in [6.45, 7) is 19.0. The molecule has 369 valence electrons. The molecule has 12 rings (SSSR count). The van der Waals surface area contributed by atoms with Gasteiger partial charge in [0.1, 0.15) is 11.6 Å². The van der Waals surface area contributed by atoms with E-state index in [9.17, 15) is 0 Å². The molecule has 0 spiro atoms. The SMILES string of the molecule is Cc1ccc2c(c1)N(c1ccccc1C)[CH-]N2c1[c-]cccc1.Cc1ccc2c(n1)N(c1ccccc1C)[CH-]N2c1[c-]cccc1.Cc1cnc2c(c1)N(c1ccccc1C)[CH-]N2c1[c-]cccc1.[Ir].[Ir].[Ir]. The van der Waals surface area contributed by atoms with Crippen molar-refractivity contribution in [3.05, 3.63) is 260 Å². The third-order valence-corrected chi connectivity index (χ3v) is 12.3. The molecule has 0 atom stereocenters. The van der Waals surface area contributed by atoms with Crippen molar-refractivity contribution in [3.63, 3.8) is 0 Å². The fourth-order valence-electron chi connectivity index (χ4n) is 8.77. The molecule has 72 heavy (non-hydrogen) atoms. The monoisotopic (exact) mass is 1480 g/mol. The molecule has 8 nitrogen and oxygen atoms in total. The minimum Gasteiger partial charge on any atom is -0.493 e. The first-order valence-corrected chi connectivity index (χ1v) is 23.1. The summed E-state index contributed by atoms with van der Waals surface area (Å²) in [5.74, 6) is 1.89. The summed E-state index contributed by atoms with van der Waals surface area (Å²) in [6.07, 6.45) is 1.91. The average molecular weight is 1470 g/mol. The molecule has 3 radical (unpaired) electrons. The van der Waals surface area contributed by atoms with Crippen LogP contribution in [-0.4, -0.2) is 9.97 Å². The van der Waals surface area contributed by atoms with Crippen molar-refractivity contribution < 1.29 is 60.3 Å². The summed E-state index contributed by atoms with van der Waals surface area (Å²) in [7, 11) is 0. The van der Waals surface area contributed by atoms with Crippen LogP contribution in [0.4, 0.5) is 68.5 Å². The molecule has 2 aromatic heterocycles. The van der Waals surface area contributed by atoms with Crippen molar-refractivity contribution in [2.24, 2.45) is 0 Å². The van der Waals surface area contributed by atoms with Crippen LogP contribution in [0.2, 0.25) is 0 Å². The smallest absolute Gasteiger partial charge is 0.126 e. The summed E-state index contributed by atoms with van der Waals surface area (Å²) >= 11 is 0. The van der Waals surface area contributed by atoms with Gasteiger partial charge in [-0.3, -0.25) is 0 Å². The number of hydrogen-bond donors (Lipinski definition) is 0. The number of fused-ring (bicyclic) bond motifs is 3. The number of para-hydroxylation sites is 6. The van der Waals surface area contributed by atoms with Gasteiger partial charge in [-0.2, -0.15) is 91.0 Å². The maximum atomic E-state index is 4.77. The molecule has 0 saturated carbocycles. The van der Waals surface area contributed by atoms with E-state index < -0.39 is 0 Å². The van der Waals surface area contributed by atoms with Gasteiger partial charge in [-0.05, 0) is 118 Å². The number of rotatable bonds is 6. The Hall–Kier alpha value is -6.41. The van der Waals surface area contributed by atoms with E-state index in [4.69, 9.17) is 4.98 Å². The molecule has 0 bridgehead atoms. The van der Waals surface area contributed by atoms with Crippen LogP contribution in [0.25, 0.3) is 0 Å². The topological polar surface area (TPSA) is 45.2 Å². The fourth-order valence-corrected chi connectivity index (χ4v) is 8.77. The molecule has 7 aromatic carbocycles. The predicted molar refractivity (Wildman–Crippen MR) is 284 cm³/mol. The number of aryl methyl sites for hydroxylation is 6. The van der Waals surface area contributed by atoms with Crippen LogP contribution in [0.3, 0.4) is 0 Å². The molecule has 11 heteroatoms. The van der Waals surface area contributed by atoms with Crippen molar-refractivity contribution in [1.29, 1.82) is 0 Å². The molecule has 0 amide bonds. The maximum Gasteiger partial charge on any atom is 0.126 e. The van der Waals surface area contributed by atoms with Crippen molar-refractivity contribution >= 4 is 68.5 Å². The zero-order valence-electron chi connectivity index (χ0n) is 40.7. The van der Waals surface area contributed by atoms with E-state index in [-0.39, 0.29) is 60.3 Å². The van der Waals surface area contributed by atoms with Gasteiger partial charge < -0.3 is 29.4 Å². The predicted octanol–water partition coefficient (Wildman–Crippen LogP) is 15.3. The van der Waals surface area contributed by atoms with E-state index in [0.717, 1.165) is 57.0 Å². The second-order valence-electron chi connectivity index (χ2n) is 17.3. The van der Waals surface area contributed by atoms with Gasteiger partial charge in [0.15, 0.2) is 0 Å². The van der Waals surface area contributed by atoms with Crippen LogP contribution < -0.4 is 29.4 Å². The van der Waals surface area contributed by atoms with E-state index in [1.54, 1.807) is 0 Å². The largest absolute Gasteiger partial charge is 0.493 e. The third kappa shape index (κ3) is 11.1. The zero-order valence-corrected chi connectivity index (χ0v) is 47.9. The molecular weight excluding hydrogens is 1420 g/mol. The fraction of sp³-hybridized carbons (Fsp3) is 0.0984. The number of hydrogen-bond acceptors (Lipinski definition) is 8. The van der Waals surface area contributed by atoms with Gasteiger partial charge in [-0.25, -0.2) is 9.97 Å². The summed E-state index contributed by atoms with van der Waals surface area (Å²) in [5, 5.41) is 0.